The maximum atomic E-state index is 10.8. The number of carbonyl (C=O) groups is 1. The number of esters is 1. The SMILES string of the molecule is CCOC(=O)C[C@H](C)NC. The number of nitrogens with one attached hydrogen (secondary N) is 1. The summed E-state index contributed by atoms with van der Waals surface area (Å²) in [7, 11) is 1.82. The molecular weight excluding hydrogens is 130 g/mol. The Morgan fingerprint density at radius 3 is 2.70 bits per heavy atom. The van der Waals surface area contributed by atoms with E-state index < -0.39 is 0 Å². The molecule has 0 spiro atoms. The molecule has 0 saturated heterocycles. The highest BCUT2D eigenvalue weighted by molar-refractivity contribution is 5.69. The predicted molar refractivity (Wildman–Crippen MR) is 39.8 cm³/mol. The molecule has 0 fully saturated rings. The molecule has 0 aliphatic rings. The minimum atomic E-state index is -0.135. The van der Waals surface area contributed by atoms with Crippen molar-refractivity contribution < 1.29 is 9.53 Å². The van der Waals surface area contributed by atoms with Crippen molar-refractivity contribution >= 4 is 5.97 Å². The highest BCUT2D eigenvalue weighted by atomic mass is 16.5. The summed E-state index contributed by atoms with van der Waals surface area (Å²) in [4.78, 5) is 10.8. The van der Waals surface area contributed by atoms with Gasteiger partial charge in [-0.2, -0.15) is 0 Å². The average Bonchev–Trinajstić information content (AvgIpc) is 1.88. The van der Waals surface area contributed by atoms with Crippen molar-refractivity contribution in [2.45, 2.75) is 26.3 Å². The normalized spacial score (nSPS) is 12.7. The van der Waals surface area contributed by atoms with Crippen molar-refractivity contribution in [3.05, 3.63) is 0 Å². The summed E-state index contributed by atoms with van der Waals surface area (Å²) in [6, 6.07) is 0.207. The first-order chi connectivity index (χ1) is 4.70. The van der Waals surface area contributed by atoms with Crippen LogP contribution in [0.5, 0.6) is 0 Å². The topological polar surface area (TPSA) is 38.3 Å². The zero-order chi connectivity index (χ0) is 7.98. The zero-order valence-electron chi connectivity index (χ0n) is 6.81. The van der Waals surface area contributed by atoms with Crippen LogP contribution < -0.4 is 5.32 Å². The van der Waals surface area contributed by atoms with Gasteiger partial charge in [-0.3, -0.25) is 4.79 Å². The molecule has 1 atom stereocenters. The van der Waals surface area contributed by atoms with Crippen LogP contribution in [0.15, 0.2) is 0 Å². The van der Waals surface area contributed by atoms with Crippen molar-refractivity contribution in [1.29, 1.82) is 0 Å². The minimum Gasteiger partial charge on any atom is -0.466 e. The van der Waals surface area contributed by atoms with Crippen LogP contribution in [0, 0.1) is 0 Å². The van der Waals surface area contributed by atoms with E-state index in [0.29, 0.717) is 13.0 Å². The first-order valence-corrected chi connectivity index (χ1v) is 3.53. The molecular formula is C7H15NO2. The Hall–Kier alpha value is -0.570. The van der Waals surface area contributed by atoms with E-state index in [9.17, 15) is 4.79 Å². The highest BCUT2D eigenvalue weighted by Gasteiger charge is 2.05. The zero-order valence-corrected chi connectivity index (χ0v) is 6.81. The number of hydrogen-bond acceptors (Lipinski definition) is 3. The van der Waals surface area contributed by atoms with Gasteiger partial charge in [0.1, 0.15) is 0 Å². The summed E-state index contributed by atoms with van der Waals surface area (Å²) in [6.45, 7) is 4.22. The highest BCUT2D eigenvalue weighted by Crippen LogP contribution is 1.91. The van der Waals surface area contributed by atoms with Crippen LogP contribution in [0.3, 0.4) is 0 Å². The van der Waals surface area contributed by atoms with Crippen molar-refractivity contribution in [2.75, 3.05) is 13.7 Å². The van der Waals surface area contributed by atoms with Crippen LogP contribution >= 0.6 is 0 Å². The Balaban J connectivity index is 3.37. The van der Waals surface area contributed by atoms with Gasteiger partial charge in [0.15, 0.2) is 0 Å². The molecule has 0 saturated carbocycles. The largest absolute Gasteiger partial charge is 0.466 e. The van der Waals surface area contributed by atoms with E-state index in [1.54, 1.807) is 0 Å². The summed E-state index contributed by atoms with van der Waals surface area (Å²) >= 11 is 0. The van der Waals surface area contributed by atoms with Gasteiger partial charge in [-0.05, 0) is 20.9 Å². The maximum absolute atomic E-state index is 10.8. The Kier molecular flexibility index (Phi) is 4.94. The Bertz CT molecular complexity index is 104. The molecule has 0 unspecified atom stereocenters. The molecule has 10 heavy (non-hydrogen) atoms. The molecule has 60 valence electrons. The second kappa shape index (κ2) is 5.23. The number of hydrogen-bond donors (Lipinski definition) is 1. The van der Waals surface area contributed by atoms with Crippen LogP contribution in [0.1, 0.15) is 20.3 Å². The number of rotatable bonds is 4. The van der Waals surface area contributed by atoms with Crippen LogP contribution in [0.25, 0.3) is 0 Å². The van der Waals surface area contributed by atoms with Crippen molar-refractivity contribution in [3.8, 4) is 0 Å². The molecule has 0 aliphatic carbocycles. The molecule has 0 aromatic rings. The van der Waals surface area contributed by atoms with E-state index in [4.69, 9.17) is 4.74 Å². The fraction of sp³-hybridized carbons (Fsp3) is 0.857. The third kappa shape index (κ3) is 4.32. The lowest BCUT2D eigenvalue weighted by Gasteiger charge is -2.07. The van der Waals surface area contributed by atoms with Crippen LogP contribution in [-0.2, 0) is 9.53 Å². The molecule has 0 heterocycles. The molecule has 0 amide bonds. The van der Waals surface area contributed by atoms with E-state index in [1.807, 2.05) is 20.9 Å². The molecule has 1 N–H and O–H groups in total. The van der Waals surface area contributed by atoms with Gasteiger partial charge in [0.2, 0.25) is 0 Å². The second-order valence-corrected chi connectivity index (χ2v) is 2.20. The standard InChI is InChI=1S/C7H15NO2/c1-4-10-7(9)5-6(2)8-3/h6,8H,4-5H2,1-3H3/t6-/m0/s1. The van der Waals surface area contributed by atoms with Gasteiger partial charge in [-0.25, -0.2) is 0 Å². The Morgan fingerprint density at radius 1 is 1.70 bits per heavy atom. The van der Waals surface area contributed by atoms with Gasteiger partial charge in [-0.1, -0.05) is 0 Å². The van der Waals surface area contributed by atoms with Gasteiger partial charge in [-0.15, -0.1) is 0 Å². The molecule has 0 aromatic heterocycles. The predicted octanol–water partition coefficient (Wildman–Crippen LogP) is 0.547. The fourth-order valence-electron chi connectivity index (χ4n) is 0.572. The lowest BCUT2D eigenvalue weighted by Crippen LogP contribution is -2.25. The van der Waals surface area contributed by atoms with Crippen LogP contribution in [0.4, 0.5) is 0 Å². The molecule has 0 aliphatic heterocycles. The van der Waals surface area contributed by atoms with Crippen molar-refractivity contribution in [3.63, 3.8) is 0 Å². The lowest BCUT2D eigenvalue weighted by atomic mass is 10.2. The summed E-state index contributed by atoms with van der Waals surface area (Å²) < 4.78 is 4.74. The van der Waals surface area contributed by atoms with Gasteiger partial charge < -0.3 is 10.1 Å². The van der Waals surface area contributed by atoms with Crippen molar-refractivity contribution in [1.82, 2.24) is 5.32 Å². The van der Waals surface area contributed by atoms with Crippen LogP contribution in [0.2, 0.25) is 0 Å². The second-order valence-electron chi connectivity index (χ2n) is 2.20. The molecule has 3 heteroatoms. The average molecular weight is 145 g/mol. The maximum Gasteiger partial charge on any atom is 0.307 e. The molecule has 3 nitrogen and oxygen atoms in total. The van der Waals surface area contributed by atoms with E-state index >= 15 is 0 Å². The molecule has 0 aromatic carbocycles. The molecule has 0 bridgehead atoms. The first kappa shape index (κ1) is 9.43. The third-order valence-electron chi connectivity index (χ3n) is 1.27. The third-order valence-corrected chi connectivity index (χ3v) is 1.27. The lowest BCUT2D eigenvalue weighted by molar-refractivity contribution is -0.143. The quantitative estimate of drug-likeness (QED) is 0.587. The summed E-state index contributed by atoms with van der Waals surface area (Å²) in [6.07, 6.45) is 0.449. The number of ether oxygens (including phenoxy) is 1. The summed E-state index contributed by atoms with van der Waals surface area (Å²) in [5.74, 6) is -0.135. The van der Waals surface area contributed by atoms with Gasteiger partial charge in [0.05, 0.1) is 13.0 Å². The number of carbonyl (C=O) groups excluding carboxylic acids is 1. The minimum absolute atomic E-state index is 0.135. The molecule has 0 radical (unpaired) electrons. The monoisotopic (exact) mass is 145 g/mol. The first-order valence-electron chi connectivity index (χ1n) is 3.53. The van der Waals surface area contributed by atoms with Gasteiger partial charge in [0.25, 0.3) is 0 Å². The van der Waals surface area contributed by atoms with Crippen molar-refractivity contribution in [2.24, 2.45) is 0 Å². The Labute approximate surface area is 61.8 Å². The van der Waals surface area contributed by atoms with Crippen LogP contribution in [-0.4, -0.2) is 25.7 Å². The van der Waals surface area contributed by atoms with Gasteiger partial charge in [0, 0.05) is 6.04 Å². The smallest absolute Gasteiger partial charge is 0.307 e. The summed E-state index contributed by atoms with van der Waals surface area (Å²) in [5, 5.41) is 2.95. The Morgan fingerprint density at radius 2 is 2.30 bits per heavy atom. The molecule has 0 rings (SSSR count). The van der Waals surface area contributed by atoms with Gasteiger partial charge >= 0.3 is 5.97 Å². The van der Waals surface area contributed by atoms with E-state index in [-0.39, 0.29) is 12.0 Å². The van der Waals surface area contributed by atoms with E-state index in [2.05, 4.69) is 5.32 Å². The van der Waals surface area contributed by atoms with E-state index in [1.165, 1.54) is 0 Å². The van der Waals surface area contributed by atoms with E-state index in [0.717, 1.165) is 0 Å². The fourth-order valence-corrected chi connectivity index (χ4v) is 0.572. The summed E-state index contributed by atoms with van der Waals surface area (Å²) in [5.41, 5.74) is 0.